The summed E-state index contributed by atoms with van der Waals surface area (Å²) in [5.74, 6) is 2.22. The number of fused-ring (bicyclic) bond motifs is 1. The van der Waals surface area contributed by atoms with Crippen LogP contribution in [0.5, 0.6) is 17.2 Å². The van der Waals surface area contributed by atoms with E-state index in [4.69, 9.17) is 14.2 Å². The van der Waals surface area contributed by atoms with E-state index >= 15 is 0 Å². The highest BCUT2D eigenvalue weighted by atomic mass is 16.6. The summed E-state index contributed by atoms with van der Waals surface area (Å²) in [5.41, 5.74) is 1.25. The molecule has 0 aromatic heterocycles. The molecule has 6 heteroatoms. The van der Waals surface area contributed by atoms with Gasteiger partial charge >= 0.3 is 0 Å². The Balaban J connectivity index is 1.36. The number of para-hydroxylation sites is 2. The molecule has 1 fully saturated rings. The van der Waals surface area contributed by atoms with E-state index in [2.05, 4.69) is 17.0 Å². The standard InChI is InChI=1S/C23H28N2O4/c1-17-22(29-21-7-4-3-6-20(21)28-17)23(26)25-13-5-12-24(14-15-25)16-18-8-10-19(27-2)11-9-18/h3-4,6-11,17,22H,5,12-16H2,1-2H3. The van der Waals surface area contributed by atoms with Gasteiger partial charge in [0.05, 0.1) is 7.11 Å². The lowest BCUT2D eigenvalue weighted by Gasteiger charge is -2.34. The number of hydrogen-bond donors (Lipinski definition) is 0. The Labute approximate surface area is 172 Å². The Kier molecular flexibility index (Phi) is 5.90. The molecule has 0 bridgehead atoms. The van der Waals surface area contributed by atoms with Gasteiger partial charge in [0.2, 0.25) is 6.10 Å². The predicted molar refractivity (Wildman–Crippen MR) is 110 cm³/mol. The van der Waals surface area contributed by atoms with E-state index in [1.807, 2.05) is 48.2 Å². The van der Waals surface area contributed by atoms with E-state index in [9.17, 15) is 4.79 Å². The highest BCUT2D eigenvalue weighted by Gasteiger charge is 2.37. The van der Waals surface area contributed by atoms with Crippen LogP contribution in [-0.2, 0) is 11.3 Å². The third-order valence-electron chi connectivity index (χ3n) is 5.55. The molecule has 0 spiro atoms. The lowest BCUT2D eigenvalue weighted by Crippen LogP contribution is -2.51. The van der Waals surface area contributed by atoms with E-state index in [-0.39, 0.29) is 12.0 Å². The van der Waals surface area contributed by atoms with Crippen molar-refractivity contribution in [1.82, 2.24) is 9.80 Å². The molecule has 0 radical (unpaired) electrons. The Hall–Kier alpha value is -2.73. The minimum atomic E-state index is -0.599. The van der Waals surface area contributed by atoms with Crippen molar-refractivity contribution < 1.29 is 19.0 Å². The summed E-state index contributed by atoms with van der Waals surface area (Å²) in [7, 11) is 1.68. The van der Waals surface area contributed by atoms with E-state index in [0.29, 0.717) is 18.0 Å². The smallest absolute Gasteiger partial charge is 0.267 e. The van der Waals surface area contributed by atoms with Crippen LogP contribution in [-0.4, -0.2) is 61.2 Å². The molecular weight excluding hydrogens is 368 g/mol. The first-order valence-corrected chi connectivity index (χ1v) is 10.2. The average molecular weight is 396 g/mol. The van der Waals surface area contributed by atoms with E-state index in [1.54, 1.807) is 7.11 Å². The van der Waals surface area contributed by atoms with Crippen LogP contribution in [0.4, 0.5) is 0 Å². The topological polar surface area (TPSA) is 51.2 Å². The second kappa shape index (κ2) is 8.74. The van der Waals surface area contributed by atoms with Gasteiger partial charge in [0, 0.05) is 32.7 Å². The molecule has 0 saturated carbocycles. The van der Waals surface area contributed by atoms with Crippen molar-refractivity contribution in [2.45, 2.75) is 32.1 Å². The zero-order chi connectivity index (χ0) is 20.2. The first kappa shape index (κ1) is 19.6. The molecule has 0 N–H and O–H groups in total. The number of rotatable bonds is 4. The van der Waals surface area contributed by atoms with Gasteiger partial charge in [-0.15, -0.1) is 0 Å². The minimum Gasteiger partial charge on any atom is -0.497 e. The van der Waals surface area contributed by atoms with Gasteiger partial charge < -0.3 is 19.1 Å². The number of carbonyl (C=O) groups excluding carboxylic acids is 1. The molecule has 2 aromatic carbocycles. The molecule has 1 amide bonds. The molecule has 0 aliphatic carbocycles. The van der Waals surface area contributed by atoms with Crippen molar-refractivity contribution in [1.29, 1.82) is 0 Å². The molecule has 2 atom stereocenters. The number of amides is 1. The summed E-state index contributed by atoms with van der Waals surface area (Å²) in [6, 6.07) is 15.7. The van der Waals surface area contributed by atoms with Gasteiger partial charge in [-0.3, -0.25) is 9.69 Å². The summed E-state index contributed by atoms with van der Waals surface area (Å²) < 4.78 is 17.1. The normalized spacial score (nSPS) is 22.1. The van der Waals surface area contributed by atoms with Crippen molar-refractivity contribution in [3.63, 3.8) is 0 Å². The minimum absolute atomic E-state index is 0.0123. The number of methoxy groups -OCH3 is 1. The van der Waals surface area contributed by atoms with Gasteiger partial charge in [0.1, 0.15) is 11.9 Å². The average Bonchev–Trinajstić information content (AvgIpc) is 2.99. The van der Waals surface area contributed by atoms with Gasteiger partial charge in [0.25, 0.3) is 5.91 Å². The number of ether oxygens (including phenoxy) is 3. The fourth-order valence-electron chi connectivity index (χ4n) is 3.91. The van der Waals surface area contributed by atoms with Crippen LogP contribution in [0.1, 0.15) is 18.9 Å². The Bertz CT molecular complexity index is 839. The highest BCUT2D eigenvalue weighted by molar-refractivity contribution is 5.82. The van der Waals surface area contributed by atoms with Gasteiger partial charge in [-0.05, 0) is 43.2 Å². The molecule has 2 heterocycles. The van der Waals surface area contributed by atoms with Crippen molar-refractivity contribution >= 4 is 5.91 Å². The maximum Gasteiger partial charge on any atom is 0.267 e. The van der Waals surface area contributed by atoms with Gasteiger partial charge in [-0.2, -0.15) is 0 Å². The number of carbonyl (C=O) groups is 1. The molecular formula is C23H28N2O4. The third kappa shape index (κ3) is 4.48. The van der Waals surface area contributed by atoms with Crippen molar-refractivity contribution in [2.24, 2.45) is 0 Å². The Morgan fingerprint density at radius 1 is 1.00 bits per heavy atom. The largest absolute Gasteiger partial charge is 0.497 e. The first-order chi connectivity index (χ1) is 14.1. The van der Waals surface area contributed by atoms with Crippen LogP contribution in [0.15, 0.2) is 48.5 Å². The lowest BCUT2D eigenvalue weighted by atomic mass is 10.1. The van der Waals surface area contributed by atoms with Gasteiger partial charge in [0.15, 0.2) is 11.5 Å². The molecule has 1 saturated heterocycles. The van der Waals surface area contributed by atoms with E-state index in [1.165, 1.54) is 5.56 Å². The molecule has 2 aliphatic heterocycles. The van der Waals surface area contributed by atoms with Crippen molar-refractivity contribution in [3.8, 4) is 17.2 Å². The summed E-state index contributed by atoms with van der Waals surface area (Å²) in [5, 5.41) is 0. The molecule has 2 aliphatic rings. The molecule has 2 unspecified atom stereocenters. The zero-order valence-corrected chi connectivity index (χ0v) is 17.0. The number of benzene rings is 2. The molecule has 4 rings (SSSR count). The van der Waals surface area contributed by atoms with Crippen LogP contribution in [0.25, 0.3) is 0 Å². The highest BCUT2D eigenvalue weighted by Crippen LogP contribution is 2.34. The third-order valence-corrected chi connectivity index (χ3v) is 5.55. The molecule has 154 valence electrons. The van der Waals surface area contributed by atoms with E-state index in [0.717, 1.165) is 38.3 Å². The van der Waals surface area contributed by atoms with Gasteiger partial charge in [-0.25, -0.2) is 0 Å². The molecule has 2 aromatic rings. The summed E-state index contributed by atoms with van der Waals surface area (Å²) in [4.78, 5) is 17.5. The maximum atomic E-state index is 13.2. The second-order valence-corrected chi connectivity index (χ2v) is 7.61. The van der Waals surface area contributed by atoms with Crippen LogP contribution >= 0.6 is 0 Å². The van der Waals surface area contributed by atoms with Crippen LogP contribution in [0.2, 0.25) is 0 Å². The monoisotopic (exact) mass is 396 g/mol. The van der Waals surface area contributed by atoms with Crippen molar-refractivity contribution in [3.05, 3.63) is 54.1 Å². The Morgan fingerprint density at radius 2 is 1.72 bits per heavy atom. The number of nitrogens with zero attached hydrogens (tertiary/aromatic N) is 2. The number of hydrogen-bond acceptors (Lipinski definition) is 5. The fraction of sp³-hybridized carbons (Fsp3) is 0.435. The lowest BCUT2D eigenvalue weighted by molar-refractivity contribution is -0.144. The van der Waals surface area contributed by atoms with Crippen molar-refractivity contribution in [2.75, 3.05) is 33.3 Å². The van der Waals surface area contributed by atoms with Gasteiger partial charge in [-0.1, -0.05) is 24.3 Å². The van der Waals surface area contributed by atoms with Crippen LogP contribution in [0.3, 0.4) is 0 Å². The quantitative estimate of drug-likeness (QED) is 0.795. The van der Waals surface area contributed by atoms with Crippen LogP contribution < -0.4 is 14.2 Å². The summed E-state index contributed by atoms with van der Waals surface area (Å²) in [6.45, 7) is 6.02. The maximum absolute atomic E-state index is 13.2. The first-order valence-electron chi connectivity index (χ1n) is 10.2. The van der Waals surface area contributed by atoms with Crippen LogP contribution in [0, 0.1) is 0 Å². The summed E-state index contributed by atoms with van der Waals surface area (Å²) in [6.07, 6.45) is 0.0366. The predicted octanol–water partition coefficient (Wildman–Crippen LogP) is 2.96. The van der Waals surface area contributed by atoms with E-state index < -0.39 is 6.10 Å². The fourth-order valence-corrected chi connectivity index (χ4v) is 3.91. The Morgan fingerprint density at radius 3 is 2.45 bits per heavy atom. The summed E-state index contributed by atoms with van der Waals surface area (Å²) >= 11 is 0. The zero-order valence-electron chi connectivity index (χ0n) is 17.0. The molecule has 6 nitrogen and oxygen atoms in total. The molecule has 29 heavy (non-hydrogen) atoms. The SMILES string of the molecule is COc1ccc(CN2CCCN(C(=O)C3Oc4ccccc4OC3C)CC2)cc1. The second-order valence-electron chi connectivity index (χ2n) is 7.61.